The van der Waals surface area contributed by atoms with Crippen molar-refractivity contribution in [2.75, 3.05) is 0 Å². The van der Waals surface area contributed by atoms with Crippen LogP contribution in [0.15, 0.2) is 28.6 Å². The summed E-state index contributed by atoms with van der Waals surface area (Å²) in [7, 11) is -2.35. The monoisotopic (exact) mass is 199 g/mol. The molecule has 0 atom stereocenters. The lowest BCUT2D eigenvalue weighted by molar-refractivity contribution is 0.282. The maximum absolute atomic E-state index is 10.1. The van der Waals surface area contributed by atoms with Gasteiger partial charge in [0.2, 0.25) is 0 Å². The van der Waals surface area contributed by atoms with Crippen LogP contribution in [0.1, 0.15) is 11.1 Å². The van der Waals surface area contributed by atoms with E-state index in [1.54, 1.807) is 24.3 Å². The van der Waals surface area contributed by atoms with Crippen molar-refractivity contribution < 1.29 is 13.5 Å². The Kier molecular flexibility index (Phi) is 3.60. The van der Waals surface area contributed by atoms with Crippen molar-refractivity contribution in [3.05, 3.63) is 35.4 Å². The molecule has 0 spiro atoms. The zero-order chi connectivity index (χ0) is 9.68. The summed E-state index contributed by atoms with van der Waals surface area (Å²) in [5, 5.41) is 8.72. The van der Waals surface area contributed by atoms with Crippen LogP contribution >= 0.6 is 0 Å². The van der Waals surface area contributed by atoms with Gasteiger partial charge in [0.25, 0.3) is 0 Å². The van der Waals surface area contributed by atoms with E-state index in [4.69, 9.17) is 5.11 Å². The molecule has 1 rings (SSSR count). The molecule has 13 heavy (non-hydrogen) atoms. The minimum atomic E-state index is -2.35. The van der Waals surface area contributed by atoms with Gasteiger partial charge in [-0.05, 0) is 11.1 Å². The number of hydrogen-bond donors (Lipinski definition) is 1. The maximum Gasteiger partial charge on any atom is 0.311 e. The topological polar surface area (TPSA) is 66.7 Å². The molecule has 1 aromatic rings. The van der Waals surface area contributed by atoms with Gasteiger partial charge < -0.3 is 5.11 Å². The molecule has 0 aliphatic carbocycles. The Labute approximate surface area is 77.5 Å². The van der Waals surface area contributed by atoms with Gasteiger partial charge in [-0.3, -0.25) is 0 Å². The van der Waals surface area contributed by atoms with Crippen LogP contribution in [0.5, 0.6) is 0 Å². The van der Waals surface area contributed by atoms with Gasteiger partial charge in [0.05, 0.1) is 13.2 Å². The summed E-state index contributed by atoms with van der Waals surface area (Å²) in [6.45, 7) is 0.146. The van der Waals surface area contributed by atoms with Crippen molar-refractivity contribution in [2.45, 2.75) is 13.2 Å². The fourth-order valence-corrected chi connectivity index (χ4v) is 1.13. The molecule has 1 aromatic carbocycles. The fourth-order valence-electron chi connectivity index (χ4n) is 0.877. The van der Waals surface area contributed by atoms with Crippen LogP contribution < -0.4 is 0 Å². The Morgan fingerprint density at radius 1 is 1.15 bits per heavy atom. The highest BCUT2D eigenvalue weighted by atomic mass is 32.2. The van der Waals surface area contributed by atoms with E-state index < -0.39 is 10.5 Å². The first-order valence-electron chi connectivity index (χ1n) is 3.68. The maximum atomic E-state index is 10.1. The lowest BCUT2D eigenvalue weighted by Crippen LogP contribution is -1.85. The largest absolute Gasteiger partial charge is 0.392 e. The lowest BCUT2D eigenvalue weighted by Gasteiger charge is -1.96. The fraction of sp³-hybridized carbons (Fsp3) is 0.250. The average Bonchev–Trinajstić information content (AvgIpc) is 2.15. The number of hydrogen-bond acceptors (Lipinski definition) is 4. The van der Waals surface area contributed by atoms with E-state index in [0.29, 0.717) is 0 Å². The SMILES string of the molecule is O=S(=O)=NCc1ccc(CO)cc1. The van der Waals surface area contributed by atoms with Gasteiger partial charge >= 0.3 is 10.5 Å². The number of aliphatic hydroxyl groups excluding tert-OH is 1. The molecule has 0 aliphatic rings. The van der Waals surface area contributed by atoms with Crippen molar-refractivity contribution >= 4 is 10.5 Å². The molecule has 0 bridgehead atoms. The molecule has 0 heterocycles. The number of rotatable bonds is 3. The molecule has 0 saturated heterocycles. The van der Waals surface area contributed by atoms with E-state index in [1.165, 1.54) is 0 Å². The minimum Gasteiger partial charge on any atom is -0.392 e. The van der Waals surface area contributed by atoms with Gasteiger partial charge in [-0.25, -0.2) is 0 Å². The van der Waals surface area contributed by atoms with Crippen molar-refractivity contribution in [1.82, 2.24) is 0 Å². The van der Waals surface area contributed by atoms with E-state index in [0.717, 1.165) is 11.1 Å². The Hall–Kier alpha value is -1.20. The third-order valence-electron chi connectivity index (χ3n) is 1.56. The molecule has 0 fully saturated rings. The molecule has 0 aromatic heterocycles. The van der Waals surface area contributed by atoms with Crippen LogP contribution in [-0.4, -0.2) is 13.5 Å². The Morgan fingerprint density at radius 3 is 2.15 bits per heavy atom. The summed E-state index contributed by atoms with van der Waals surface area (Å²) in [6, 6.07) is 6.95. The third-order valence-corrected chi connectivity index (χ3v) is 1.90. The quantitative estimate of drug-likeness (QED) is 0.780. The first-order chi connectivity index (χ1) is 6.22. The highest BCUT2D eigenvalue weighted by Crippen LogP contribution is 2.05. The van der Waals surface area contributed by atoms with Gasteiger partial charge in [0, 0.05) is 0 Å². The highest BCUT2D eigenvalue weighted by Gasteiger charge is 1.92. The Morgan fingerprint density at radius 2 is 1.69 bits per heavy atom. The van der Waals surface area contributed by atoms with Gasteiger partial charge in [-0.15, -0.1) is 0 Å². The van der Waals surface area contributed by atoms with Crippen LogP contribution in [0.3, 0.4) is 0 Å². The molecular formula is C8H9NO3S. The first kappa shape index (κ1) is 9.88. The van der Waals surface area contributed by atoms with Crippen molar-refractivity contribution in [3.8, 4) is 0 Å². The van der Waals surface area contributed by atoms with E-state index >= 15 is 0 Å². The van der Waals surface area contributed by atoms with E-state index in [1.807, 2.05) is 0 Å². The van der Waals surface area contributed by atoms with Crippen LogP contribution in [0.25, 0.3) is 0 Å². The van der Waals surface area contributed by atoms with Crippen molar-refractivity contribution in [3.63, 3.8) is 0 Å². The molecule has 0 saturated carbocycles. The standard InChI is InChI=1S/C8H9NO3S/c10-6-8-3-1-7(2-4-8)5-9-13(11)12/h1-4,10H,5-6H2. The van der Waals surface area contributed by atoms with Gasteiger partial charge in [-0.1, -0.05) is 24.3 Å². The third kappa shape index (κ3) is 3.35. The summed E-state index contributed by atoms with van der Waals surface area (Å²) in [6.07, 6.45) is 0. The van der Waals surface area contributed by atoms with Crippen LogP contribution in [0, 0.1) is 0 Å². The molecule has 5 heteroatoms. The molecule has 0 amide bonds. The predicted molar refractivity (Wildman–Crippen MR) is 47.4 cm³/mol. The van der Waals surface area contributed by atoms with E-state index in [9.17, 15) is 8.42 Å². The molecule has 0 radical (unpaired) electrons. The normalized spacial score (nSPS) is 9.62. The van der Waals surface area contributed by atoms with Gasteiger partial charge in [-0.2, -0.15) is 12.8 Å². The second-order valence-electron chi connectivity index (χ2n) is 2.48. The molecule has 1 N–H and O–H groups in total. The van der Waals surface area contributed by atoms with Crippen molar-refractivity contribution in [2.24, 2.45) is 4.36 Å². The second-order valence-corrected chi connectivity index (χ2v) is 3.17. The zero-order valence-electron chi connectivity index (χ0n) is 6.84. The van der Waals surface area contributed by atoms with Crippen LogP contribution in [0.2, 0.25) is 0 Å². The first-order valence-corrected chi connectivity index (χ1v) is 4.71. The van der Waals surface area contributed by atoms with Gasteiger partial charge in [0.1, 0.15) is 0 Å². The summed E-state index contributed by atoms with van der Waals surface area (Å²) < 4.78 is 23.5. The zero-order valence-corrected chi connectivity index (χ0v) is 7.66. The molecular weight excluding hydrogens is 190 g/mol. The molecule has 0 aliphatic heterocycles. The minimum absolute atomic E-state index is 0.00902. The molecule has 4 nitrogen and oxygen atoms in total. The Bertz CT molecular complexity index is 386. The van der Waals surface area contributed by atoms with Gasteiger partial charge in [0.15, 0.2) is 0 Å². The number of benzene rings is 1. The summed E-state index contributed by atoms with van der Waals surface area (Å²) >= 11 is 0. The summed E-state index contributed by atoms with van der Waals surface area (Å²) in [4.78, 5) is 0. The van der Waals surface area contributed by atoms with Crippen LogP contribution in [0.4, 0.5) is 0 Å². The Balaban J connectivity index is 2.75. The number of aliphatic hydroxyl groups is 1. The predicted octanol–water partition coefficient (Wildman–Crippen LogP) is 0.742. The smallest absolute Gasteiger partial charge is 0.311 e. The molecule has 0 unspecified atom stereocenters. The van der Waals surface area contributed by atoms with Crippen molar-refractivity contribution in [1.29, 1.82) is 0 Å². The van der Waals surface area contributed by atoms with E-state index in [2.05, 4.69) is 4.36 Å². The average molecular weight is 199 g/mol. The number of nitrogens with zero attached hydrogens (tertiary/aromatic N) is 1. The summed E-state index contributed by atoms with van der Waals surface area (Å²) in [5.74, 6) is 0. The van der Waals surface area contributed by atoms with Crippen LogP contribution in [-0.2, 0) is 23.7 Å². The summed E-state index contributed by atoms with van der Waals surface area (Å²) in [5.41, 5.74) is 1.60. The lowest BCUT2D eigenvalue weighted by atomic mass is 10.1. The van der Waals surface area contributed by atoms with E-state index in [-0.39, 0.29) is 13.2 Å². The highest BCUT2D eigenvalue weighted by molar-refractivity contribution is 7.61. The second kappa shape index (κ2) is 4.74. The molecule has 70 valence electrons.